The van der Waals surface area contributed by atoms with Crippen LogP contribution < -0.4 is 0 Å². The molecule has 1 aliphatic carbocycles. The summed E-state index contributed by atoms with van der Waals surface area (Å²) in [5.74, 6) is 0.798. The molecule has 0 N–H and O–H groups in total. The summed E-state index contributed by atoms with van der Waals surface area (Å²) in [5.41, 5.74) is 0.608. The third-order valence-electron chi connectivity index (χ3n) is 3.32. The van der Waals surface area contributed by atoms with Crippen molar-refractivity contribution in [1.29, 1.82) is 0 Å². The highest BCUT2D eigenvalue weighted by Crippen LogP contribution is 2.31. The van der Waals surface area contributed by atoms with Crippen LogP contribution >= 0.6 is 27.5 Å². The third kappa shape index (κ3) is 2.91. The van der Waals surface area contributed by atoms with Gasteiger partial charge in [-0.2, -0.15) is 0 Å². The zero-order chi connectivity index (χ0) is 14.1. The average molecular weight is 355 g/mol. The van der Waals surface area contributed by atoms with Crippen molar-refractivity contribution in [1.82, 2.24) is 4.90 Å². The van der Waals surface area contributed by atoms with Gasteiger partial charge in [0.25, 0.3) is 5.91 Å². The molecule has 2 aromatic rings. The maximum atomic E-state index is 12.6. The van der Waals surface area contributed by atoms with Gasteiger partial charge in [0.05, 0.1) is 17.8 Å². The molecule has 3 nitrogen and oxygen atoms in total. The first-order chi connectivity index (χ1) is 9.65. The molecule has 0 atom stereocenters. The van der Waals surface area contributed by atoms with Crippen molar-refractivity contribution in [2.24, 2.45) is 0 Å². The van der Waals surface area contributed by atoms with Crippen molar-refractivity contribution in [2.45, 2.75) is 25.4 Å². The molecule has 3 rings (SSSR count). The molecule has 20 heavy (non-hydrogen) atoms. The molecule has 0 bridgehead atoms. The quantitative estimate of drug-likeness (QED) is 0.810. The number of hydrogen-bond acceptors (Lipinski definition) is 2. The topological polar surface area (TPSA) is 33.5 Å². The highest BCUT2D eigenvalue weighted by molar-refractivity contribution is 9.10. The Morgan fingerprint density at radius 1 is 1.40 bits per heavy atom. The lowest BCUT2D eigenvalue weighted by Crippen LogP contribution is -2.32. The molecule has 0 aliphatic heterocycles. The summed E-state index contributed by atoms with van der Waals surface area (Å²) >= 11 is 9.40. The summed E-state index contributed by atoms with van der Waals surface area (Å²) in [6.45, 7) is 0.504. The number of rotatable bonds is 4. The molecule has 0 radical (unpaired) electrons. The van der Waals surface area contributed by atoms with Crippen molar-refractivity contribution >= 4 is 33.4 Å². The number of carbonyl (C=O) groups excluding carboxylic acids is 1. The van der Waals surface area contributed by atoms with Gasteiger partial charge < -0.3 is 9.32 Å². The van der Waals surface area contributed by atoms with Crippen molar-refractivity contribution in [3.63, 3.8) is 0 Å². The number of hydrogen-bond donors (Lipinski definition) is 0. The lowest BCUT2D eigenvalue weighted by molar-refractivity contribution is 0.0717. The number of benzene rings is 1. The number of furan rings is 1. The zero-order valence-electron chi connectivity index (χ0n) is 10.7. The Morgan fingerprint density at radius 3 is 2.80 bits per heavy atom. The molecule has 1 aliphatic rings. The monoisotopic (exact) mass is 353 g/mol. The lowest BCUT2D eigenvalue weighted by Gasteiger charge is -2.21. The first kappa shape index (κ1) is 13.7. The van der Waals surface area contributed by atoms with E-state index in [-0.39, 0.29) is 5.91 Å². The van der Waals surface area contributed by atoms with Crippen molar-refractivity contribution < 1.29 is 9.21 Å². The third-order valence-corrected chi connectivity index (χ3v) is 4.55. The minimum absolute atomic E-state index is 0.00157. The predicted octanol–water partition coefficient (Wildman–Crippen LogP) is 4.50. The van der Waals surface area contributed by atoms with Gasteiger partial charge in [0.2, 0.25) is 0 Å². The molecule has 1 heterocycles. The number of amides is 1. The van der Waals surface area contributed by atoms with Crippen LogP contribution in [0.4, 0.5) is 0 Å². The fourth-order valence-corrected chi connectivity index (χ4v) is 2.55. The normalized spacial score (nSPS) is 14.3. The summed E-state index contributed by atoms with van der Waals surface area (Å²) in [5, 5.41) is 0.546. The van der Waals surface area contributed by atoms with Gasteiger partial charge in [-0.05, 0) is 59.1 Å². The second kappa shape index (κ2) is 5.62. The summed E-state index contributed by atoms with van der Waals surface area (Å²) in [7, 11) is 0. The van der Waals surface area contributed by atoms with E-state index in [9.17, 15) is 4.79 Å². The molecule has 0 saturated heterocycles. The van der Waals surface area contributed by atoms with Gasteiger partial charge in [-0.15, -0.1) is 0 Å². The molecule has 1 aromatic carbocycles. The fraction of sp³-hybridized carbons (Fsp3) is 0.267. The van der Waals surface area contributed by atoms with Crippen molar-refractivity contribution in [3.05, 3.63) is 57.4 Å². The lowest BCUT2D eigenvalue weighted by atomic mass is 10.2. The van der Waals surface area contributed by atoms with E-state index >= 15 is 0 Å². The number of carbonyl (C=O) groups is 1. The summed E-state index contributed by atoms with van der Waals surface area (Å²) < 4.78 is 6.13. The summed E-state index contributed by atoms with van der Waals surface area (Å²) in [4.78, 5) is 14.5. The second-order valence-electron chi connectivity index (χ2n) is 4.87. The van der Waals surface area contributed by atoms with Gasteiger partial charge >= 0.3 is 0 Å². The van der Waals surface area contributed by atoms with Crippen LogP contribution in [0.5, 0.6) is 0 Å². The van der Waals surface area contributed by atoms with Gasteiger partial charge in [-0.1, -0.05) is 11.6 Å². The van der Waals surface area contributed by atoms with Crippen LogP contribution in [0.2, 0.25) is 5.02 Å². The fourth-order valence-electron chi connectivity index (χ4n) is 2.12. The molecule has 0 unspecified atom stereocenters. The van der Waals surface area contributed by atoms with Gasteiger partial charge in [0, 0.05) is 16.1 Å². The Kier molecular flexibility index (Phi) is 3.85. The van der Waals surface area contributed by atoms with E-state index in [2.05, 4.69) is 15.9 Å². The van der Waals surface area contributed by atoms with Crippen LogP contribution in [0.15, 0.2) is 45.5 Å². The minimum atomic E-state index is -0.00157. The average Bonchev–Trinajstić information content (AvgIpc) is 3.15. The Balaban J connectivity index is 1.83. The first-order valence-electron chi connectivity index (χ1n) is 6.43. The van der Waals surface area contributed by atoms with Gasteiger partial charge in [-0.25, -0.2) is 0 Å². The zero-order valence-corrected chi connectivity index (χ0v) is 13.0. The number of halogens is 2. The van der Waals surface area contributed by atoms with E-state index in [1.165, 1.54) is 0 Å². The number of nitrogens with zero attached hydrogens (tertiary/aromatic N) is 1. The van der Waals surface area contributed by atoms with Crippen LogP contribution in [0.25, 0.3) is 0 Å². The molecule has 0 spiro atoms. The Labute approximate surface area is 130 Å². The minimum Gasteiger partial charge on any atom is -0.467 e. The first-order valence-corrected chi connectivity index (χ1v) is 7.60. The SMILES string of the molecule is O=C(c1ccc(Br)c(Cl)c1)N(Cc1ccco1)C1CC1. The van der Waals surface area contributed by atoms with Crippen LogP contribution in [0.1, 0.15) is 29.0 Å². The van der Waals surface area contributed by atoms with Crippen LogP contribution in [-0.4, -0.2) is 16.8 Å². The largest absolute Gasteiger partial charge is 0.467 e. The summed E-state index contributed by atoms with van der Waals surface area (Å²) in [6, 6.07) is 9.32. The molecule has 1 saturated carbocycles. The van der Waals surface area contributed by atoms with E-state index in [1.807, 2.05) is 17.0 Å². The standard InChI is InChI=1S/C15H13BrClNO2/c16-13-6-3-10(8-14(13)17)15(19)18(11-4-5-11)9-12-2-1-7-20-12/h1-3,6-8,11H,4-5,9H2. The van der Waals surface area contributed by atoms with E-state index in [4.69, 9.17) is 16.0 Å². The van der Waals surface area contributed by atoms with Crippen LogP contribution in [0, 0.1) is 0 Å². The maximum Gasteiger partial charge on any atom is 0.254 e. The van der Waals surface area contributed by atoms with Crippen LogP contribution in [0.3, 0.4) is 0 Å². The van der Waals surface area contributed by atoms with E-state index in [0.29, 0.717) is 23.2 Å². The Hall–Kier alpha value is -1.26. The molecular formula is C15H13BrClNO2. The second-order valence-corrected chi connectivity index (χ2v) is 6.13. The maximum absolute atomic E-state index is 12.6. The van der Waals surface area contributed by atoms with Crippen molar-refractivity contribution in [2.75, 3.05) is 0 Å². The molecule has 1 amide bonds. The molecule has 1 aromatic heterocycles. The highest BCUT2D eigenvalue weighted by atomic mass is 79.9. The Bertz CT molecular complexity index is 623. The van der Waals surface area contributed by atoms with Crippen LogP contribution in [-0.2, 0) is 6.54 Å². The predicted molar refractivity (Wildman–Crippen MR) is 80.8 cm³/mol. The smallest absolute Gasteiger partial charge is 0.254 e. The molecule has 104 valence electrons. The highest BCUT2D eigenvalue weighted by Gasteiger charge is 2.33. The Morgan fingerprint density at radius 2 is 2.20 bits per heavy atom. The van der Waals surface area contributed by atoms with E-state index in [1.54, 1.807) is 24.5 Å². The molecule has 1 fully saturated rings. The molecule has 5 heteroatoms. The van der Waals surface area contributed by atoms with Gasteiger partial charge in [0.1, 0.15) is 5.76 Å². The molecular weight excluding hydrogens is 342 g/mol. The van der Waals surface area contributed by atoms with E-state index < -0.39 is 0 Å². The van der Waals surface area contributed by atoms with Gasteiger partial charge in [-0.3, -0.25) is 4.79 Å². The summed E-state index contributed by atoms with van der Waals surface area (Å²) in [6.07, 6.45) is 3.73. The van der Waals surface area contributed by atoms with Gasteiger partial charge in [0.15, 0.2) is 0 Å². The van der Waals surface area contributed by atoms with E-state index in [0.717, 1.165) is 23.1 Å². The van der Waals surface area contributed by atoms with Crippen molar-refractivity contribution in [3.8, 4) is 0 Å².